The van der Waals surface area contributed by atoms with Crippen LogP contribution in [-0.4, -0.2) is 18.8 Å². The van der Waals surface area contributed by atoms with Crippen LogP contribution in [0.4, 0.5) is 14.5 Å². The Labute approximate surface area is 125 Å². The van der Waals surface area contributed by atoms with Crippen LogP contribution in [0.3, 0.4) is 0 Å². The summed E-state index contributed by atoms with van der Waals surface area (Å²) in [6, 6.07) is 10.3. The number of rotatable bonds is 5. The lowest BCUT2D eigenvalue weighted by molar-refractivity contribution is -0.113. The average Bonchev–Trinajstić information content (AvgIpc) is 2.48. The summed E-state index contributed by atoms with van der Waals surface area (Å²) in [5.74, 6) is -0.974. The molecule has 1 amide bonds. The Morgan fingerprint density at radius 3 is 2.52 bits per heavy atom. The van der Waals surface area contributed by atoms with E-state index in [2.05, 4.69) is 5.32 Å². The van der Waals surface area contributed by atoms with E-state index in [1.54, 1.807) is 19.2 Å². The van der Waals surface area contributed by atoms with Crippen LogP contribution >= 0.6 is 11.8 Å². The van der Waals surface area contributed by atoms with Gasteiger partial charge in [-0.05, 0) is 36.4 Å². The maximum absolute atomic E-state index is 13.4. The van der Waals surface area contributed by atoms with Crippen LogP contribution in [0.25, 0.3) is 0 Å². The first kappa shape index (κ1) is 15.3. The SMILES string of the molecule is COc1ccc(SCC(=O)Nc2ccc(F)cc2F)cc1. The molecule has 0 aliphatic carbocycles. The molecule has 0 heterocycles. The third kappa shape index (κ3) is 4.46. The van der Waals surface area contributed by atoms with Crippen molar-refractivity contribution in [1.29, 1.82) is 0 Å². The molecule has 0 fully saturated rings. The molecule has 0 spiro atoms. The van der Waals surface area contributed by atoms with Crippen LogP contribution in [0.5, 0.6) is 5.75 Å². The summed E-state index contributed by atoms with van der Waals surface area (Å²) >= 11 is 1.31. The molecule has 0 aromatic heterocycles. The number of thioether (sulfide) groups is 1. The molecule has 0 saturated heterocycles. The molecule has 1 N–H and O–H groups in total. The molecule has 0 atom stereocenters. The first-order valence-electron chi connectivity index (χ1n) is 6.10. The van der Waals surface area contributed by atoms with Crippen LogP contribution in [0.1, 0.15) is 0 Å². The quantitative estimate of drug-likeness (QED) is 0.856. The van der Waals surface area contributed by atoms with Crippen molar-refractivity contribution in [2.75, 3.05) is 18.2 Å². The van der Waals surface area contributed by atoms with Crippen molar-refractivity contribution in [3.63, 3.8) is 0 Å². The summed E-state index contributed by atoms with van der Waals surface area (Å²) in [6.07, 6.45) is 0. The van der Waals surface area contributed by atoms with Gasteiger partial charge in [0, 0.05) is 11.0 Å². The van der Waals surface area contributed by atoms with Crippen molar-refractivity contribution in [2.45, 2.75) is 4.90 Å². The number of anilines is 1. The van der Waals surface area contributed by atoms with Gasteiger partial charge >= 0.3 is 0 Å². The predicted octanol–water partition coefficient (Wildman–Crippen LogP) is 3.70. The monoisotopic (exact) mass is 309 g/mol. The zero-order valence-corrected chi connectivity index (χ0v) is 12.0. The minimum Gasteiger partial charge on any atom is -0.497 e. The van der Waals surface area contributed by atoms with E-state index in [1.807, 2.05) is 12.1 Å². The maximum Gasteiger partial charge on any atom is 0.234 e. The minimum atomic E-state index is -0.794. The van der Waals surface area contributed by atoms with Crippen LogP contribution in [-0.2, 0) is 4.79 Å². The zero-order valence-electron chi connectivity index (χ0n) is 11.2. The molecule has 3 nitrogen and oxygen atoms in total. The van der Waals surface area contributed by atoms with Crippen molar-refractivity contribution < 1.29 is 18.3 Å². The molecular formula is C15H13F2NO2S. The van der Waals surface area contributed by atoms with Gasteiger partial charge in [-0.3, -0.25) is 4.79 Å². The van der Waals surface area contributed by atoms with Gasteiger partial charge in [-0.1, -0.05) is 0 Å². The van der Waals surface area contributed by atoms with Crippen LogP contribution in [0.15, 0.2) is 47.4 Å². The highest BCUT2D eigenvalue weighted by Crippen LogP contribution is 2.22. The lowest BCUT2D eigenvalue weighted by Gasteiger charge is -2.07. The van der Waals surface area contributed by atoms with Gasteiger partial charge in [0.05, 0.1) is 18.6 Å². The first-order valence-corrected chi connectivity index (χ1v) is 7.09. The number of methoxy groups -OCH3 is 1. The number of nitrogens with one attached hydrogen (secondary N) is 1. The number of halogens is 2. The number of ether oxygens (including phenoxy) is 1. The van der Waals surface area contributed by atoms with E-state index in [1.165, 1.54) is 17.8 Å². The molecule has 6 heteroatoms. The smallest absolute Gasteiger partial charge is 0.234 e. The summed E-state index contributed by atoms with van der Waals surface area (Å²) in [4.78, 5) is 12.6. The number of benzene rings is 2. The number of hydrogen-bond acceptors (Lipinski definition) is 3. The molecule has 0 saturated carbocycles. The van der Waals surface area contributed by atoms with E-state index in [0.717, 1.165) is 22.8 Å². The van der Waals surface area contributed by atoms with E-state index in [9.17, 15) is 13.6 Å². The topological polar surface area (TPSA) is 38.3 Å². The molecule has 2 aromatic rings. The highest BCUT2D eigenvalue weighted by molar-refractivity contribution is 8.00. The van der Waals surface area contributed by atoms with Gasteiger partial charge in [-0.25, -0.2) is 8.78 Å². The van der Waals surface area contributed by atoms with Gasteiger partial charge < -0.3 is 10.1 Å². The van der Waals surface area contributed by atoms with E-state index in [-0.39, 0.29) is 17.3 Å². The van der Waals surface area contributed by atoms with Crippen molar-refractivity contribution in [1.82, 2.24) is 0 Å². The molecule has 110 valence electrons. The molecule has 21 heavy (non-hydrogen) atoms. The molecule has 2 rings (SSSR count). The standard InChI is InChI=1S/C15H13F2NO2S/c1-20-11-3-5-12(6-4-11)21-9-15(19)18-14-7-2-10(16)8-13(14)17/h2-8H,9H2,1H3,(H,18,19). The Morgan fingerprint density at radius 2 is 1.90 bits per heavy atom. The summed E-state index contributed by atoms with van der Waals surface area (Å²) < 4.78 is 31.2. The molecule has 0 unspecified atom stereocenters. The molecule has 0 radical (unpaired) electrons. The zero-order chi connectivity index (χ0) is 15.2. The second-order valence-electron chi connectivity index (χ2n) is 4.14. The van der Waals surface area contributed by atoms with Gasteiger partial charge in [0.1, 0.15) is 17.4 Å². The van der Waals surface area contributed by atoms with Gasteiger partial charge in [-0.2, -0.15) is 0 Å². The molecule has 0 aliphatic heterocycles. The van der Waals surface area contributed by atoms with Gasteiger partial charge in [0.25, 0.3) is 0 Å². The van der Waals surface area contributed by atoms with E-state index in [4.69, 9.17) is 4.74 Å². The van der Waals surface area contributed by atoms with Gasteiger partial charge in [0.2, 0.25) is 5.91 Å². The highest BCUT2D eigenvalue weighted by atomic mass is 32.2. The Morgan fingerprint density at radius 1 is 1.19 bits per heavy atom. The third-order valence-electron chi connectivity index (χ3n) is 2.63. The fourth-order valence-electron chi connectivity index (χ4n) is 1.60. The Hall–Kier alpha value is -2.08. The fourth-order valence-corrected chi connectivity index (χ4v) is 2.30. The summed E-state index contributed by atoms with van der Waals surface area (Å²) in [5, 5.41) is 2.40. The summed E-state index contributed by atoms with van der Waals surface area (Å²) in [6.45, 7) is 0. The van der Waals surface area contributed by atoms with Crippen LogP contribution < -0.4 is 10.1 Å². The molecule has 0 aliphatic rings. The number of carbonyl (C=O) groups is 1. The third-order valence-corrected chi connectivity index (χ3v) is 3.65. The van der Waals surface area contributed by atoms with Crippen molar-refractivity contribution in [3.8, 4) is 5.75 Å². The molecule has 0 bridgehead atoms. The van der Waals surface area contributed by atoms with E-state index in [0.29, 0.717) is 0 Å². The lowest BCUT2D eigenvalue weighted by atomic mass is 10.3. The summed E-state index contributed by atoms with van der Waals surface area (Å²) in [7, 11) is 1.58. The van der Waals surface area contributed by atoms with Crippen molar-refractivity contribution in [2.24, 2.45) is 0 Å². The second-order valence-corrected chi connectivity index (χ2v) is 5.19. The van der Waals surface area contributed by atoms with Crippen molar-refractivity contribution in [3.05, 3.63) is 54.1 Å². The van der Waals surface area contributed by atoms with Gasteiger partial charge in [-0.15, -0.1) is 11.8 Å². The summed E-state index contributed by atoms with van der Waals surface area (Å²) in [5.41, 5.74) is -0.0308. The Bertz CT molecular complexity index is 632. The highest BCUT2D eigenvalue weighted by Gasteiger charge is 2.08. The minimum absolute atomic E-state index is 0.0308. The average molecular weight is 309 g/mol. The normalized spacial score (nSPS) is 10.2. The number of hydrogen-bond donors (Lipinski definition) is 1. The first-order chi connectivity index (χ1) is 10.1. The van der Waals surface area contributed by atoms with Crippen LogP contribution in [0.2, 0.25) is 0 Å². The van der Waals surface area contributed by atoms with E-state index < -0.39 is 11.6 Å². The Kier molecular flexibility index (Phi) is 5.16. The fraction of sp³-hybridized carbons (Fsp3) is 0.133. The van der Waals surface area contributed by atoms with E-state index >= 15 is 0 Å². The van der Waals surface area contributed by atoms with Crippen LogP contribution in [0, 0.1) is 11.6 Å². The van der Waals surface area contributed by atoms with Gasteiger partial charge in [0.15, 0.2) is 0 Å². The Balaban J connectivity index is 1.89. The largest absolute Gasteiger partial charge is 0.497 e. The molecular weight excluding hydrogens is 296 g/mol. The molecule has 2 aromatic carbocycles. The number of amides is 1. The predicted molar refractivity (Wildman–Crippen MR) is 78.7 cm³/mol. The van der Waals surface area contributed by atoms with Crippen molar-refractivity contribution >= 4 is 23.4 Å². The second kappa shape index (κ2) is 7.08. The maximum atomic E-state index is 13.4. The number of carbonyl (C=O) groups excluding carboxylic acids is 1. The lowest BCUT2D eigenvalue weighted by Crippen LogP contribution is -2.15.